The fraction of sp³-hybridized carbons (Fsp3) is 0.423. The zero-order valence-electron chi connectivity index (χ0n) is 20.8. The highest BCUT2D eigenvalue weighted by Gasteiger charge is 2.25. The third kappa shape index (κ3) is 6.06. The number of nitrogens with one attached hydrogen (secondary N) is 2. The Bertz CT molecular complexity index is 1080. The molecule has 4 rings (SSSR count). The van der Waals surface area contributed by atoms with Crippen LogP contribution >= 0.6 is 0 Å². The van der Waals surface area contributed by atoms with E-state index in [1.54, 1.807) is 18.1 Å². The molecule has 2 saturated heterocycles. The van der Waals surface area contributed by atoms with Gasteiger partial charge >= 0.3 is 6.09 Å². The normalized spacial score (nSPS) is 15.9. The molecule has 2 fully saturated rings. The number of nitrogens with zero attached hydrogens (tertiary/aromatic N) is 3. The summed E-state index contributed by atoms with van der Waals surface area (Å²) in [7, 11) is 2.97. The third-order valence-corrected chi connectivity index (χ3v) is 6.50. The van der Waals surface area contributed by atoms with Crippen LogP contribution in [0.2, 0.25) is 0 Å². The summed E-state index contributed by atoms with van der Waals surface area (Å²) in [5.41, 5.74) is 2.80. The lowest BCUT2D eigenvalue weighted by Crippen LogP contribution is -2.49. The Morgan fingerprint density at radius 3 is 2.22 bits per heavy atom. The third-order valence-electron chi connectivity index (χ3n) is 6.50. The van der Waals surface area contributed by atoms with Crippen LogP contribution in [0, 0.1) is 0 Å². The first-order chi connectivity index (χ1) is 17.5. The Balaban J connectivity index is 1.54. The molecule has 36 heavy (non-hydrogen) atoms. The zero-order chi connectivity index (χ0) is 25.5. The minimum atomic E-state index is -0.348. The van der Waals surface area contributed by atoms with Crippen molar-refractivity contribution in [3.63, 3.8) is 0 Å². The van der Waals surface area contributed by atoms with E-state index in [9.17, 15) is 14.4 Å². The first kappa shape index (κ1) is 25.3. The second-order valence-corrected chi connectivity index (χ2v) is 8.79. The van der Waals surface area contributed by atoms with E-state index in [0.29, 0.717) is 50.5 Å². The van der Waals surface area contributed by atoms with E-state index in [1.165, 1.54) is 7.11 Å². The molecule has 0 atom stereocenters. The summed E-state index contributed by atoms with van der Waals surface area (Å²) in [6.45, 7) is 5.01. The molecule has 2 N–H and O–H groups in total. The van der Waals surface area contributed by atoms with E-state index in [2.05, 4.69) is 15.5 Å². The van der Waals surface area contributed by atoms with Crippen LogP contribution in [0.1, 0.15) is 15.9 Å². The highest BCUT2D eigenvalue weighted by Crippen LogP contribution is 2.29. The Kier molecular flexibility index (Phi) is 8.27. The van der Waals surface area contributed by atoms with Crippen LogP contribution < -0.4 is 20.3 Å². The molecule has 0 aliphatic carbocycles. The van der Waals surface area contributed by atoms with Gasteiger partial charge in [0.1, 0.15) is 5.75 Å². The molecular formula is C26H33N5O5. The number of ether oxygens (including phenoxy) is 2. The maximum absolute atomic E-state index is 13.1. The van der Waals surface area contributed by atoms with Crippen LogP contribution in [0.25, 0.3) is 0 Å². The lowest BCUT2D eigenvalue weighted by molar-refractivity contribution is -0.115. The van der Waals surface area contributed by atoms with Gasteiger partial charge in [-0.2, -0.15) is 0 Å². The number of carbonyl (C=O) groups is 3. The van der Waals surface area contributed by atoms with Gasteiger partial charge in [0, 0.05) is 57.9 Å². The number of amides is 3. The summed E-state index contributed by atoms with van der Waals surface area (Å²) in [4.78, 5) is 43.6. The molecule has 0 aromatic heterocycles. The fourth-order valence-electron chi connectivity index (χ4n) is 4.48. The van der Waals surface area contributed by atoms with Gasteiger partial charge in [-0.25, -0.2) is 4.79 Å². The molecule has 2 aliphatic heterocycles. The van der Waals surface area contributed by atoms with Crippen molar-refractivity contribution in [3.05, 3.63) is 53.6 Å². The lowest BCUT2D eigenvalue weighted by Gasteiger charge is -2.36. The number of methoxy groups -OCH3 is 2. The molecule has 0 saturated carbocycles. The zero-order valence-corrected chi connectivity index (χ0v) is 20.8. The van der Waals surface area contributed by atoms with Gasteiger partial charge in [0.05, 0.1) is 32.0 Å². The fourth-order valence-corrected chi connectivity index (χ4v) is 4.48. The molecule has 2 aromatic rings. The summed E-state index contributed by atoms with van der Waals surface area (Å²) in [5, 5.41) is 6.28. The molecular weight excluding hydrogens is 462 g/mol. The van der Waals surface area contributed by atoms with Crippen LogP contribution in [0.4, 0.5) is 16.2 Å². The number of hydrogen-bond donors (Lipinski definition) is 2. The van der Waals surface area contributed by atoms with Crippen LogP contribution in [0.15, 0.2) is 42.5 Å². The van der Waals surface area contributed by atoms with Gasteiger partial charge in [-0.15, -0.1) is 0 Å². The van der Waals surface area contributed by atoms with Crippen molar-refractivity contribution in [2.75, 3.05) is 76.8 Å². The predicted octanol–water partition coefficient (Wildman–Crippen LogP) is 1.81. The van der Waals surface area contributed by atoms with Crippen LogP contribution in [-0.2, 0) is 16.0 Å². The van der Waals surface area contributed by atoms with Gasteiger partial charge in [0.25, 0.3) is 5.91 Å². The Morgan fingerprint density at radius 2 is 1.58 bits per heavy atom. The van der Waals surface area contributed by atoms with Crippen LogP contribution in [-0.4, -0.2) is 94.3 Å². The average molecular weight is 496 g/mol. The first-order valence-corrected chi connectivity index (χ1v) is 12.1. The quantitative estimate of drug-likeness (QED) is 0.630. The van der Waals surface area contributed by atoms with Crippen molar-refractivity contribution in [3.8, 4) is 5.75 Å². The van der Waals surface area contributed by atoms with E-state index < -0.39 is 0 Å². The van der Waals surface area contributed by atoms with Gasteiger partial charge in [-0.1, -0.05) is 12.1 Å². The van der Waals surface area contributed by atoms with E-state index in [1.807, 2.05) is 41.3 Å². The Hall–Kier alpha value is -3.79. The second kappa shape index (κ2) is 11.8. The van der Waals surface area contributed by atoms with Gasteiger partial charge < -0.3 is 34.8 Å². The molecule has 0 radical (unpaired) electrons. The van der Waals surface area contributed by atoms with Gasteiger partial charge in [0.2, 0.25) is 5.91 Å². The molecule has 2 heterocycles. The topological polar surface area (TPSA) is 103 Å². The van der Waals surface area contributed by atoms with E-state index >= 15 is 0 Å². The van der Waals surface area contributed by atoms with Crippen LogP contribution in [0.5, 0.6) is 5.75 Å². The molecule has 10 heteroatoms. The molecule has 3 amide bonds. The second-order valence-electron chi connectivity index (χ2n) is 8.79. The molecule has 2 aliphatic rings. The molecule has 192 valence electrons. The number of rotatable bonds is 6. The summed E-state index contributed by atoms with van der Waals surface area (Å²) in [5.74, 6) is 0.497. The number of carbonyl (C=O) groups excluding carboxylic acids is 3. The standard InChI is InChI=1S/C26H33N5O5/c1-35-21-6-3-19(4-7-21)17-24(32)28-22-18-20(25(33)30-11-9-27-10-12-30)5-8-23(22)29-13-15-31(16-14-29)26(34)36-2/h3-8,18,27H,9-17H2,1-2H3,(H,28,32). The minimum Gasteiger partial charge on any atom is -0.497 e. The first-order valence-electron chi connectivity index (χ1n) is 12.1. The minimum absolute atomic E-state index is 0.0517. The number of hydrogen-bond acceptors (Lipinski definition) is 7. The monoisotopic (exact) mass is 495 g/mol. The highest BCUT2D eigenvalue weighted by molar-refractivity contribution is 6.00. The van der Waals surface area contributed by atoms with Crippen molar-refractivity contribution in [2.24, 2.45) is 0 Å². The SMILES string of the molecule is COC(=O)N1CCN(c2ccc(C(=O)N3CCNCC3)cc2NC(=O)Cc2ccc(OC)cc2)CC1. The smallest absolute Gasteiger partial charge is 0.409 e. The van der Waals surface area contributed by atoms with E-state index in [4.69, 9.17) is 9.47 Å². The maximum atomic E-state index is 13.1. The van der Waals surface area contributed by atoms with E-state index in [-0.39, 0.29) is 24.3 Å². The van der Waals surface area contributed by atoms with Crippen molar-refractivity contribution in [1.29, 1.82) is 0 Å². The Morgan fingerprint density at radius 1 is 0.889 bits per heavy atom. The molecule has 2 aromatic carbocycles. The number of benzene rings is 2. The summed E-state index contributed by atoms with van der Waals surface area (Å²) in [6, 6.07) is 12.8. The van der Waals surface area contributed by atoms with Crippen molar-refractivity contribution >= 4 is 29.3 Å². The molecule has 0 bridgehead atoms. The highest BCUT2D eigenvalue weighted by atomic mass is 16.5. The van der Waals surface area contributed by atoms with Crippen molar-refractivity contribution < 1.29 is 23.9 Å². The largest absolute Gasteiger partial charge is 0.497 e. The van der Waals surface area contributed by atoms with Gasteiger partial charge in [0.15, 0.2) is 0 Å². The average Bonchev–Trinajstić information content (AvgIpc) is 2.93. The van der Waals surface area contributed by atoms with Crippen molar-refractivity contribution in [2.45, 2.75) is 6.42 Å². The summed E-state index contributed by atoms with van der Waals surface area (Å²) >= 11 is 0. The van der Waals surface area contributed by atoms with Gasteiger partial charge in [-0.05, 0) is 35.9 Å². The summed E-state index contributed by atoms with van der Waals surface area (Å²) < 4.78 is 10.0. The maximum Gasteiger partial charge on any atom is 0.409 e. The lowest BCUT2D eigenvalue weighted by atomic mass is 10.1. The molecule has 10 nitrogen and oxygen atoms in total. The molecule has 0 unspecified atom stereocenters. The number of piperazine rings is 2. The Labute approximate surface area is 211 Å². The molecule has 0 spiro atoms. The van der Waals surface area contributed by atoms with Gasteiger partial charge in [-0.3, -0.25) is 9.59 Å². The summed E-state index contributed by atoms with van der Waals surface area (Å²) in [6.07, 6.45) is -0.158. The predicted molar refractivity (Wildman–Crippen MR) is 137 cm³/mol. The van der Waals surface area contributed by atoms with Crippen LogP contribution in [0.3, 0.4) is 0 Å². The van der Waals surface area contributed by atoms with Crippen molar-refractivity contribution in [1.82, 2.24) is 15.1 Å². The van der Waals surface area contributed by atoms with E-state index in [0.717, 1.165) is 30.1 Å². The number of anilines is 2.